The Morgan fingerprint density at radius 2 is 1.61 bits per heavy atom. The van der Waals surface area contributed by atoms with Crippen LogP contribution in [0.4, 0.5) is 0 Å². The number of ether oxygens (including phenoxy) is 2. The average molecular weight is 370 g/mol. The van der Waals surface area contributed by atoms with Crippen LogP contribution in [0.1, 0.15) is 5.56 Å². The number of rotatable bonds is 5. The van der Waals surface area contributed by atoms with Gasteiger partial charge in [-0.25, -0.2) is 9.78 Å². The molecule has 0 bridgehead atoms. The molecule has 1 aromatic heterocycles. The number of hydrogen-bond donors (Lipinski definition) is 0. The maximum atomic E-state index is 12.0. The number of carbonyl (C=O) groups is 1. The van der Waals surface area contributed by atoms with Crippen LogP contribution >= 0.6 is 0 Å². The number of esters is 1. The summed E-state index contributed by atoms with van der Waals surface area (Å²) >= 11 is 0. The molecular weight excluding hydrogens is 352 g/mol. The number of benzene rings is 3. The maximum Gasteiger partial charge on any atom is 0.349 e. The van der Waals surface area contributed by atoms with Gasteiger partial charge in [-0.05, 0) is 55.0 Å². The Morgan fingerprint density at radius 3 is 2.39 bits per heavy atom. The number of aromatic nitrogens is 2. The van der Waals surface area contributed by atoms with Crippen molar-refractivity contribution < 1.29 is 14.3 Å². The first-order valence-corrected chi connectivity index (χ1v) is 8.90. The molecule has 0 N–H and O–H groups in total. The Labute approximate surface area is 162 Å². The molecule has 0 amide bonds. The van der Waals surface area contributed by atoms with Crippen molar-refractivity contribution in [2.75, 3.05) is 6.61 Å². The Bertz CT molecular complexity index is 1120. The van der Waals surface area contributed by atoms with Crippen molar-refractivity contribution in [2.24, 2.45) is 0 Å². The molecule has 3 aromatic carbocycles. The van der Waals surface area contributed by atoms with Crippen LogP contribution in [0.3, 0.4) is 0 Å². The molecule has 0 aliphatic carbocycles. The molecule has 0 saturated carbocycles. The van der Waals surface area contributed by atoms with Gasteiger partial charge in [-0.3, -0.25) is 4.98 Å². The Hall–Kier alpha value is -3.73. The van der Waals surface area contributed by atoms with Gasteiger partial charge in [-0.15, -0.1) is 0 Å². The van der Waals surface area contributed by atoms with E-state index in [1.165, 1.54) is 0 Å². The van der Waals surface area contributed by atoms with Gasteiger partial charge < -0.3 is 9.47 Å². The van der Waals surface area contributed by atoms with Crippen molar-refractivity contribution in [1.82, 2.24) is 9.97 Å². The summed E-state index contributed by atoms with van der Waals surface area (Å²) in [5.41, 5.74) is 4.32. The zero-order valence-corrected chi connectivity index (χ0v) is 15.3. The summed E-state index contributed by atoms with van der Waals surface area (Å²) in [4.78, 5) is 21.1. The van der Waals surface area contributed by atoms with Crippen LogP contribution < -0.4 is 9.47 Å². The lowest BCUT2D eigenvalue weighted by molar-refractivity contribution is -0.136. The summed E-state index contributed by atoms with van der Waals surface area (Å²) in [5, 5.41) is 0. The number of hydrogen-bond acceptors (Lipinski definition) is 5. The first-order valence-electron chi connectivity index (χ1n) is 8.90. The smallest absolute Gasteiger partial charge is 0.349 e. The molecule has 28 heavy (non-hydrogen) atoms. The van der Waals surface area contributed by atoms with Gasteiger partial charge in [-0.1, -0.05) is 30.3 Å². The molecule has 0 atom stereocenters. The molecule has 0 unspecified atom stereocenters. The van der Waals surface area contributed by atoms with E-state index in [2.05, 4.69) is 9.97 Å². The third-order valence-electron chi connectivity index (χ3n) is 4.27. The summed E-state index contributed by atoms with van der Waals surface area (Å²) in [6.07, 6.45) is 1.74. The zero-order valence-electron chi connectivity index (χ0n) is 15.3. The summed E-state index contributed by atoms with van der Waals surface area (Å²) in [7, 11) is 0. The number of fused-ring (bicyclic) bond motifs is 1. The van der Waals surface area contributed by atoms with E-state index in [1.54, 1.807) is 18.3 Å². The van der Waals surface area contributed by atoms with Crippen LogP contribution in [0.25, 0.3) is 22.3 Å². The zero-order chi connectivity index (χ0) is 19.3. The van der Waals surface area contributed by atoms with Gasteiger partial charge in [0.2, 0.25) is 0 Å². The highest BCUT2D eigenvalue weighted by Gasteiger charge is 2.08. The standard InChI is InChI=1S/C23H18N2O3/c1-16-6-2-5-9-22(16)27-15-23(26)28-18-12-10-17(11-13-18)21-14-24-19-7-3-4-8-20(19)25-21/h2-14H,15H2,1H3. The molecular formula is C23H18N2O3. The van der Waals surface area contributed by atoms with Gasteiger partial charge in [0.1, 0.15) is 11.5 Å². The van der Waals surface area contributed by atoms with E-state index in [4.69, 9.17) is 9.47 Å². The van der Waals surface area contributed by atoms with E-state index < -0.39 is 5.97 Å². The monoisotopic (exact) mass is 370 g/mol. The van der Waals surface area contributed by atoms with Crippen molar-refractivity contribution >= 4 is 17.0 Å². The molecule has 138 valence electrons. The normalized spacial score (nSPS) is 10.6. The molecule has 5 heteroatoms. The number of nitrogens with zero attached hydrogens (tertiary/aromatic N) is 2. The minimum Gasteiger partial charge on any atom is -0.482 e. The summed E-state index contributed by atoms with van der Waals surface area (Å²) in [5.74, 6) is 0.669. The van der Waals surface area contributed by atoms with Crippen LogP contribution in [-0.4, -0.2) is 22.5 Å². The summed E-state index contributed by atoms with van der Waals surface area (Å²) < 4.78 is 10.8. The van der Waals surface area contributed by atoms with Crippen LogP contribution in [0.5, 0.6) is 11.5 Å². The minimum absolute atomic E-state index is 0.150. The molecule has 0 fully saturated rings. The van der Waals surface area contributed by atoms with E-state index in [0.717, 1.165) is 27.9 Å². The Morgan fingerprint density at radius 1 is 0.893 bits per heavy atom. The predicted octanol–water partition coefficient (Wildman–Crippen LogP) is 4.59. The van der Waals surface area contributed by atoms with E-state index >= 15 is 0 Å². The van der Waals surface area contributed by atoms with Gasteiger partial charge in [-0.2, -0.15) is 0 Å². The fourth-order valence-corrected chi connectivity index (χ4v) is 2.81. The van der Waals surface area contributed by atoms with E-state index in [9.17, 15) is 4.79 Å². The van der Waals surface area contributed by atoms with Gasteiger partial charge in [0, 0.05) is 5.56 Å². The van der Waals surface area contributed by atoms with Crippen molar-refractivity contribution in [1.29, 1.82) is 0 Å². The summed E-state index contributed by atoms with van der Waals surface area (Å²) in [6, 6.07) is 22.4. The third-order valence-corrected chi connectivity index (χ3v) is 4.27. The molecule has 5 nitrogen and oxygen atoms in total. The van der Waals surface area contributed by atoms with Gasteiger partial charge in [0.25, 0.3) is 0 Å². The molecule has 0 spiro atoms. The second kappa shape index (κ2) is 7.88. The third kappa shape index (κ3) is 3.99. The van der Waals surface area contributed by atoms with E-state index in [0.29, 0.717) is 11.5 Å². The lowest BCUT2D eigenvalue weighted by Crippen LogP contribution is -2.17. The molecule has 0 saturated heterocycles. The van der Waals surface area contributed by atoms with Crippen molar-refractivity contribution in [2.45, 2.75) is 6.92 Å². The van der Waals surface area contributed by atoms with Crippen LogP contribution in [0.15, 0.2) is 79.0 Å². The summed E-state index contributed by atoms with van der Waals surface area (Å²) in [6.45, 7) is 1.78. The highest BCUT2D eigenvalue weighted by atomic mass is 16.6. The largest absolute Gasteiger partial charge is 0.482 e. The molecule has 0 aliphatic rings. The van der Waals surface area contributed by atoms with Crippen LogP contribution in [0.2, 0.25) is 0 Å². The molecule has 0 aliphatic heterocycles. The predicted molar refractivity (Wildman–Crippen MR) is 107 cm³/mol. The highest BCUT2D eigenvalue weighted by molar-refractivity contribution is 5.77. The number of para-hydroxylation sites is 3. The van der Waals surface area contributed by atoms with Gasteiger partial charge in [0.15, 0.2) is 6.61 Å². The average Bonchev–Trinajstić information content (AvgIpc) is 2.73. The SMILES string of the molecule is Cc1ccccc1OCC(=O)Oc1ccc(-c2cnc3ccccc3n2)cc1. The Kier molecular flexibility index (Phi) is 4.97. The van der Waals surface area contributed by atoms with Crippen LogP contribution in [0, 0.1) is 6.92 Å². The van der Waals surface area contributed by atoms with Crippen molar-refractivity contribution in [3.8, 4) is 22.8 Å². The number of aryl methyl sites for hydroxylation is 1. The van der Waals surface area contributed by atoms with Crippen molar-refractivity contribution in [3.05, 3.63) is 84.6 Å². The van der Waals surface area contributed by atoms with E-state index in [1.807, 2.05) is 67.6 Å². The highest BCUT2D eigenvalue weighted by Crippen LogP contribution is 2.22. The minimum atomic E-state index is -0.457. The topological polar surface area (TPSA) is 61.3 Å². The first kappa shape index (κ1) is 17.7. The second-order valence-corrected chi connectivity index (χ2v) is 6.30. The van der Waals surface area contributed by atoms with Crippen LogP contribution in [-0.2, 0) is 4.79 Å². The fourth-order valence-electron chi connectivity index (χ4n) is 2.81. The number of carbonyl (C=O) groups excluding carboxylic acids is 1. The lowest BCUT2D eigenvalue weighted by atomic mass is 10.1. The molecule has 0 radical (unpaired) electrons. The second-order valence-electron chi connectivity index (χ2n) is 6.30. The van der Waals surface area contributed by atoms with Gasteiger partial charge >= 0.3 is 5.97 Å². The van der Waals surface area contributed by atoms with E-state index in [-0.39, 0.29) is 6.61 Å². The maximum absolute atomic E-state index is 12.0. The quantitative estimate of drug-likeness (QED) is 0.380. The first-order chi connectivity index (χ1) is 13.7. The molecule has 4 aromatic rings. The Balaban J connectivity index is 1.41. The van der Waals surface area contributed by atoms with Crippen molar-refractivity contribution in [3.63, 3.8) is 0 Å². The fraction of sp³-hybridized carbons (Fsp3) is 0.0870. The molecule has 1 heterocycles. The lowest BCUT2D eigenvalue weighted by Gasteiger charge is -2.09. The van der Waals surface area contributed by atoms with Gasteiger partial charge in [0.05, 0.1) is 22.9 Å². The molecule has 4 rings (SSSR count).